The van der Waals surface area contributed by atoms with Crippen molar-refractivity contribution >= 4 is 44.7 Å². The number of rotatable bonds is 8. The molecule has 0 aliphatic rings. The maximum Gasteiger partial charge on any atom is 0.242 e. The van der Waals surface area contributed by atoms with Gasteiger partial charge in [0.1, 0.15) is 5.82 Å². The highest BCUT2D eigenvalue weighted by Gasteiger charge is 2.18. The molecule has 3 aromatic rings. The van der Waals surface area contributed by atoms with Crippen LogP contribution in [-0.4, -0.2) is 53.2 Å². The normalized spacial score (nSPS) is 11.7. The lowest BCUT2D eigenvalue weighted by Crippen LogP contribution is -2.22. The Balaban J connectivity index is 1.60. The molecule has 0 unspecified atom stereocenters. The number of hydrogen-bond acceptors (Lipinski definition) is 7. The van der Waals surface area contributed by atoms with Gasteiger partial charge in [-0.15, -0.1) is 21.5 Å². The molecule has 0 aliphatic heterocycles. The number of nitrogens with zero attached hydrogens (tertiary/aromatic N) is 4. The SMILES string of the molecule is CN(C)S(=O)(=O)c1cccc(NC(=O)CSc2nnc(Cc3cccs3)n2C)c1. The summed E-state index contributed by atoms with van der Waals surface area (Å²) in [4.78, 5) is 13.6. The second kappa shape index (κ2) is 9.08. The summed E-state index contributed by atoms with van der Waals surface area (Å²) in [6.07, 6.45) is 0.696. The molecule has 2 heterocycles. The van der Waals surface area contributed by atoms with E-state index in [0.717, 1.165) is 10.1 Å². The standard InChI is InChI=1S/C18H21N5O3S3/c1-22(2)29(25,26)15-8-4-6-13(10-15)19-17(24)12-28-18-21-20-16(23(18)3)11-14-7-5-9-27-14/h4-10H,11-12H2,1-3H3,(H,19,24). The zero-order valence-corrected chi connectivity index (χ0v) is 18.6. The van der Waals surface area contributed by atoms with Crippen LogP contribution in [0.1, 0.15) is 10.7 Å². The van der Waals surface area contributed by atoms with Gasteiger partial charge in [0.05, 0.1) is 10.6 Å². The first-order chi connectivity index (χ1) is 13.8. The average Bonchev–Trinajstić information content (AvgIpc) is 3.31. The molecule has 3 rings (SSSR count). The van der Waals surface area contributed by atoms with Gasteiger partial charge in [-0.3, -0.25) is 4.79 Å². The van der Waals surface area contributed by atoms with Gasteiger partial charge in [0.25, 0.3) is 0 Å². The average molecular weight is 452 g/mol. The van der Waals surface area contributed by atoms with Crippen molar-refractivity contribution in [1.29, 1.82) is 0 Å². The lowest BCUT2D eigenvalue weighted by molar-refractivity contribution is -0.113. The molecule has 0 aliphatic carbocycles. The fourth-order valence-electron chi connectivity index (χ4n) is 2.47. The Morgan fingerprint density at radius 1 is 1.24 bits per heavy atom. The molecule has 8 nitrogen and oxygen atoms in total. The number of amides is 1. The number of nitrogens with one attached hydrogen (secondary N) is 1. The molecule has 1 aromatic carbocycles. The number of thiophene rings is 1. The second-order valence-electron chi connectivity index (χ2n) is 6.37. The van der Waals surface area contributed by atoms with Crippen LogP contribution in [-0.2, 0) is 28.3 Å². The third-order valence-corrected chi connectivity index (χ3v) is 7.77. The molecule has 0 spiro atoms. The Labute approximate surface area is 178 Å². The number of hydrogen-bond donors (Lipinski definition) is 1. The van der Waals surface area contributed by atoms with Gasteiger partial charge < -0.3 is 9.88 Å². The number of benzene rings is 1. The zero-order chi connectivity index (χ0) is 21.0. The third-order valence-electron chi connectivity index (χ3n) is 4.07. The van der Waals surface area contributed by atoms with E-state index in [0.29, 0.717) is 17.3 Å². The van der Waals surface area contributed by atoms with Crippen LogP contribution in [0.4, 0.5) is 5.69 Å². The Hall–Kier alpha value is -2.21. The van der Waals surface area contributed by atoms with Gasteiger partial charge in [-0.05, 0) is 29.6 Å². The highest BCUT2D eigenvalue weighted by atomic mass is 32.2. The molecule has 0 atom stereocenters. The summed E-state index contributed by atoms with van der Waals surface area (Å²) in [6.45, 7) is 0. The molecule has 0 bridgehead atoms. The van der Waals surface area contributed by atoms with Gasteiger partial charge in [0, 0.05) is 38.1 Å². The summed E-state index contributed by atoms with van der Waals surface area (Å²) in [5.41, 5.74) is 0.426. The van der Waals surface area contributed by atoms with Crippen molar-refractivity contribution in [3.63, 3.8) is 0 Å². The van der Waals surface area contributed by atoms with E-state index in [1.54, 1.807) is 23.5 Å². The molecule has 0 radical (unpaired) electrons. The zero-order valence-electron chi connectivity index (χ0n) is 16.2. The smallest absolute Gasteiger partial charge is 0.242 e. The maximum atomic E-state index is 12.3. The van der Waals surface area contributed by atoms with E-state index >= 15 is 0 Å². The molecule has 0 saturated heterocycles. The van der Waals surface area contributed by atoms with Gasteiger partial charge >= 0.3 is 0 Å². The molecule has 154 valence electrons. The van der Waals surface area contributed by atoms with Crippen molar-refractivity contribution in [3.05, 3.63) is 52.5 Å². The van der Waals surface area contributed by atoms with Crippen molar-refractivity contribution in [1.82, 2.24) is 19.1 Å². The molecule has 2 aromatic heterocycles. The molecule has 11 heteroatoms. The summed E-state index contributed by atoms with van der Waals surface area (Å²) in [7, 11) is 1.24. The summed E-state index contributed by atoms with van der Waals surface area (Å²) >= 11 is 2.94. The van der Waals surface area contributed by atoms with E-state index in [-0.39, 0.29) is 16.6 Å². The second-order valence-corrected chi connectivity index (χ2v) is 10.5. The van der Waals surface area contributed by atoms with Crippen LogP contribution in [0.5, 0.6) is 0 Å². The fraction of sp³-hybridized carbons (Fsp3) is 0.278. The van der Waals surface area contributed by atoms with E-state index in [1.165, 1.54) is 42.9 Å². The Morgan fingerprint density at radius 3 is 2.72 bits per heavy atom. The van der Waals surface area contributed by atoms with Crippen molar-refractivity contribution < 1.29 is 13.2 Å². The first kappa shape index (κ1) is 21.5. The number of carbonyl (C=O) groups excluding carboxylic acids is 1. The number of sulfonamides is 1. The minimum atomic E-state index is -3.56. The first-order valence-corrected chi connectivity index (χ1v) is 11.9. The molecule has 0 saturated carbocycles. The lowest BCUT2D eigenvalue weighted by atomic mass is 10.3. The Morgan fingerprint density at radius 2 is 2.03 bits per heavy atom. The first-order valence-electron chi connectivity index (χ1n) is 8.63. The predicted molar refractivity (Wildman–Crippen MR) is 115 cm³/mol. The van der Waals surface area contributed by atoms with E-state index in [4.69, 9.17) is 0 Å². The number of carbonyl (C=O) groups is 1. The van der Waals surface area contributed by atoms with E-state index in [9.17, 15) is 13.2 Å². The Kier molecular flexibility index (Phi) is 6.73. The van der Waals surface area contributed by atoms with Crippen LogP contribution in [0.3, 0.4) is 0 Å². The topological polar surface area (TPSA) is 97.2 Å². The van der Waals surface area contributed by atoms with Crippen LogP contribution < -0.4 is 5.32 Å². The highest BCUT2D eigenvalue weighted by Crippen LogP contribution is 2.21. The minimum absolute atomic E-state index is 0.125. The maximum absolute atomic E-state index is 12.3. The number of anilines is 1. The predicted octanol–water partition coefficient (Wildman–Crippen LogP) is 2.45. The summed E-state index contributed by atoms with van der Waals surface area (Å²) in [6, 6.07) is 10.2. The van der Waals surface area contributed by atoms with E-state index < -0.39 is 10.0 Å². The molecular weight excluding hydrogens is 430 g/mol. The van der Waals surface area contributed by atoms with Crippen molar-refractivity contribution in [2.75, 3.05) is 25.2 Å². The minimum Gasteiger partial charge on any atom is -0.325 e. The molecule has 29 heavy (non-hydrogen) atoms. The van der Waals surface area contributed by atoms with Crippen LogP contribution in [0, 0.1) is 0 Å². The summed E-state index contributed by atoms with van der Waals surface area (Å²) in [5.74, 6) is 0.712. The van der Waals surface area contributed by atoms with Gasteiger partial charge in [-0.2, -0.15) is 0 Å². The Bertz CT molecular complexity index is 1090. The summed E-state index contributed by atoms with van der Waals surface area (Å²) < 4.78 is 27.5. The molecular formula is C18H21N5O3S3. The van der Waals surface area contributed by atoms with Crippen LogP contribution >= 0.6 is 23.1 Å². The van der Waals surface area contributed by atoms with Gasteiger partial charge in [0.15, 0.2) is 5.16 Å². The van der Waals surface area contributed by atoms with Crippen LogP contribution in [0.25, 0.3) is 0 Å². The monoisotopic (exact) mass is 451 g/mol. The highest BCUT2D eigenvalue weighted by molar-refractivity contribution is 7.99. The van der Waals surface area contributed by atoms with Crippen LogP contribution in [0.15, 0.2) is 51.8 Å². The van der Waals surface area contributed by atoms with Gasteiger partial charge in [0.2, 0.25) is 15.9 Å². The number of thioether (sulfide) groups is 1. The quantitative estimate of drug-likeness (QED) is 0.529. The molecule has 1 amide bonds. The molecule has 1 N–H and O–H groups in total. The lowest BCUT2D eigenvalue weighted by Gasteiger charge is -2.12. The van der Waals surface area contributed by atoms with Crippen molar-refractivity contribution in [3.8, 4) is 0 Å². The molecule has 0 fully saturated rings. The largest absolute Gasteiger partial charge is 0.325 e. The van der Waals surface area contributed by atoms with Gasteiger partial charge in [-0.1, -0.05) is 23.9 Å². The summed E-state index contributed by atoms with van der Waals surface area (Å²) in [5, 5.41) is 13.8. The van der Waals surface area contributed by atoms with E-state index in [1.807, 2.05) is 29.1 Å². The van der Waals surface area contributed by atoms with Gasteiger partial charge in [-0.25, -0.2) is 12.7 Å². The van der Waals surface area contributed by atoms with E-state index in [2.05, 4.69) is 15.5 Å². The third kappa shape index (κ3) is 5.24. The van der Waals surface area contributed by atoms with Crippen molar-refractivity contribution in [2.24, 2.45) is 7.05 Å². The number of aromatic nitrogens is 3. The van der Waals surface area contributed by atoms with Crippen molar-refractivity contribution in [2.45, 2.75) is 16.5 Å². The fourth-order valence-corrected chi connectivity index (χ4v) is 4.85. The van der Waals surface area contributed by atoms with Crippen LogP contribution in [0.2, 0.25) is 0 Å².